The third-order valence-corrected chi connectivity index (χ3v) is 2.57. The van der Waals surface area contributed by atoms with Crippen molar-refractivity contribution in [3.05, 3.63) is 65.7 Å². The lowest BCUT2D eigenvalue weighted by Crippen LogP contribution is -2.26. The molecule has 2 aromatic carbocycles. The van der Waals surface area contributed by atoms with Crippen molar-refractivity contribution < 1.29 is 19.9 Å². The predicted octanol–water partition coefficient (Wildman–Crippen LogP) is 2.42. The minimum atomic E-state index is -1.06. The van der Waals surface area contributed by atoms with Crippen LogP contribution in [-0.2, 0) is 0 Å². The maximum absolute atomic E-state index is 11.9. The van der Waals surface area contributed by atoms with Crippen LogP contribution in [0.2, 0.25) is 0 Å². The van der Waals surface area contributed by atoms with Crippen LogP contribution in [0.25, 0.3) is 0 Å². The van der Waals surface area contributed by atoms with Gasteiger partial charge < -0.3 is 5.11 Å². The van der Waals surface area contributed by atoms with Crippen molar-refractivity contribution >= 4 is 17.6 Å². The Balaban J connectivity index is 2.22. The Labute approximate surface area is 109 Å². The summed E-state index contributed by atoms with van der Waals surface area (Å²) in [6.45, 7) is 0. The molecule has 0 spiro atoms. The van der Waals surface area contributed by atoms with Crippen LogP contribution in [0.4, 0.5) is 5.69 Å². The number of hydroxylamine groups is 1. The zero-order valence-electron chi connectivity index (χ0n) is 9.85. The van der Waals surface area contributed by atoms with Gasteiger partial charge in [-0.25, -0.2) is 4.79 Å². The number of amides is 1. The second-order valence-electron chi connectivity index (χ2n) is 3.84. The molecular formula is C14H11NO4. The number of anilines is 1. The van der Waals surface area contributed by atoms with Crippen molar-refractivity contribution in [3.63, 3.8) is 0 Å². The summed E-state index contributed by atoms with van der Waals surface area (Å²) in [5.74, 6) is -1.64. The highest BCUT2D eigenvalue weighted by atomic mass is 16.5. The van der Waals surface area contributed by atoms with Gasteiger partial charge in [0.2, 0.25) is 0 Å². The Kier molecular flexibility index (Phi) is 3.58. The maximum Gasteiger partial charge on any atom is 0.335 e. The van der Waals surface area contributed by atoms with E-state index in [9.17, 15) is 14.8 Å². The summed E-state index contributed by atoms with van der Waals surface area (Å²) in [6, 6.07) is 13.7. The highest BCUT2D eigenvalue weighted by Crippen LogP contribution is 2.16. The Bertz CT molecular complexity index is 593. The minimum Gasteiger partial charge on any atom is -0.478 e. The average Bonchev–Trinajstić information content (AvgIpc) is 2.46. The summed E-state index contributed by atoms with van der Waals surface area (Å²) in [6.07, 6.45) is 0. The Hall–Kier alpha value is -2.66. The molecule has 0 saturated heterocycles. The van der Waals surface area contributed by atoms with E-state index in [0.29, 0.717) is 10.6 Å². The summed E-state index contributed by atoms with van der Waals surface area (Å²) in [5.41, 5.74) is 0.635. The van der Waals surface area contributed by atoms with Crippen LogP contribution in [0.1, 0.15) is 20.7 Å². The van der Waals surface area contributed by atoms with Gasteiger partial charge in [0.1, 0.15) is 0 Å². The number of carboxylic acids is 1. The second-order valence-corrected chi connectivity index (χ2v) is 3.84. The molecule has 0 aromatic heterocycles. The number of carboxylic acid groups (broad SMARTS) is 1. The van der Waals surface area contributed by atoms with Gasteiger partial charge in [-0.3, -0.25) is 10.0 Å². The summed E-state index contributed by atoms with van der Waals surface area (Å²) >= 11 is 0. The molecule has 5 nitrogen and oxygen atoms in total. The van der Waals surface area contributed by atoms with Crippen LogP contribution in [-0.4, -0.2) is 22.2 Å². The Morgan fingerprint density at radius 1 is 0.842 bits per heavy atom. The second kappa shape index (κ2) is 5.32. The van der Waals surface area contributed by atoms with Gasteiger partial charge >= 0.3 is 5.97 Å². The van der Waals surface area contributed by atoms with E-state index in [1.54, 1.807) is 30.3 Å². The van der Waals surface area contributed by atoms with Crippen molar-refractivity contribution in [3.8, 4) is 0 Å². The number of carbonyl (C=O) groups excluding carboxylic acids is 1. The standard InChI is InChI=1S/C14H11NO4/c16-13(10-4-2-1-3-5-10)15(19)12-8-6-11(7-9-12)14(17)18/h1-9,19H,(H,17,18). The normalized spacial score (nSPS) is 9.95. The first kappa shape index (κ1) is 12.8. The molecule has 0 radical (unpaired) electrons. The van der Waals surface area contributed by atoms with E-state index in [1.807, 2.05) is 0 Å². The number of aromatic carboxylic acids is 1. The molecular weight excluding hydrogens is 246 g/mol. The largest absolute Gasteiger partial charge is 0.478 e. The third kappa shape index (κ3) is 2.78. The number of benzene rings is 2. The zero-order chi connectivity index (χ0) is 13.8. The maximum atomic E-state index is 11.9. The topological polar surface area (TPSA) is 77.8 Å². The van der Waals surface area contributed by atoms with Crippen molar-refractivity contribution in [2.45, 2.75) is 0 Å². The van der Waals surface area contributed by atoms with Crippen LogP contribution in [0.15, 0.2) is 54.6 Å². The van der Waals surface area contributed by atoms with E-state index in [4.69, 9.17) is 5.11 Å². The fourth-order valence-electron chi connectivity index (χ4n) is 1.57. The first-order valence-corrected chi connectivity index (χ1v) is 5.51. The van der Waals surface area contributed by atoms with E-state index in [0.717, 1.165) is 0 Å². The smallest absolute Gasteiger partial charge is 0.335 e. The Morgan fingerprint density at radius 2 is 1.42 bits per heavy atom. The molecule has 0 bridgehead atoms. The molecule has 5 heteroatoms. The lowest BCUT2D eigenvalue weighted by atomic mass is 10.2. The van der Waals surface area contributed by atoms with Crippen LogP contribution < -0.4 is 5.06 Å². The molecule has 19 heavy (non-hydrogen) atoms. The highest BCUT2D eigenvalue weighted by Gasteiger charge is 2.15. The van der Waals surface area contributed by atoms with Gasteiger partial charge in [0.25, 0.3) is 5.91 Å². The minimum absolute atomic E-state index is 0.0873. The number of nitrogens with zero attached hydrogens (tertiary/aromatic N) is 1. The SMILES string of the molecule is O=C(O)c1ccc(N(O)C(=O)c2ccccc2)cc1. The first-order chi connectivity index (χ1) is 9.09. The first-order valence-electron chi connectivity index (χ1n) is 5.51. The van der Waals surface area contributed by atoms with Gasteiger partial charge in [-0.15, -0.1) is 0 Å². The van der Waals surface area contributed by atoms with Gasteiger partial charge in [-0.2, -0.15) is 5.06 Å². The zero-order valence-corrected chi connectivity index (χ0v) is 9.85. The lowest BCUT2D eigenvalue weighted by Gasteiger charge is -2.15. The fraction of sp³-hybridized carbons (Fsp3) is 0. The van der Waals surface area contributed by atoms with Crippen LogP contribution in [0.3, 0.4) is 0 Å². The average molecular weight is 257 g/mol. The van der Waals surface area contributed by atoms with Crippen LogP contribution >= 0.6 is 0 Å². The molecule has 0 aliphatic carbocycles. The summed E-state index contributed by atoms with van der Waals surface area (Å²) in [4.78, 5) is 22.6. The van der Waals surface area contributed by atoms with E-state index in [-0.39, 0.29) is 11.3 Å². The van der Waals surface area contributed by atoms with Gasteiger partial charge in [0.15, 0.2) is 0 Å². The fourth-order valence-corrected chi connectivity index (χ4v) is 1.57. The van der Waals surface area contributed by atoms with Crippen molar-refractivity contribution in [1.29, 1.82) is 0 Å². The molecule has 0 atom stereocenters. The summed E-state index contributed by atoms with van der Waals surface area (Å²) in [7, 11) is 0. The highest BCUT2D eigenvalue weighted by molar-refractivity contribution is 6.04. The van der Waals surface area contributed by atoms with Gasteiger partial charge in [0, 0.05) is 5.56 Å². The monoisotopic (exact) mass is 257 g/mol. The van der Waals surface area contributed by atoms with E-state index >= 15 is 0 Å². The lowest BCUT2D eigenvalue weighted by molar-refractivity contribution is 0.0696. The van der Waals surface area contributed by atoms with Gasteiger partial charge in [-0.1, -0.05) is 18.2 Å². The molecule has 0 aliphatic rings. The van der Waals surface area contributed by atoms with Gasteiger partial charge in [-0.05, 0) is 36.4 Å². The number of hydrogen-bond acceptors (Lipinski definition) is 3. The van der Waals surface area contributed by atoms with Crippen LogP contribution in [0.5, 0.6) is 0 Å². The molecule has 0 aliphatic heterocycles. The van der Waals surface area contributed by atoms with E-state index in [2.05, 4.69) is 0 Å². The Morgan fingerprint density at radius 3 is 1.95 bits per heavy atom. The molecule has 2 rings (SSSR count). The van der Waals surface area contributed by atoms with Crippen molar-refractivity contribution in [2.75, 3.05) is 5.06 Å². The van der Waals surface area contributed by atoms with Crippen molar-refractivity contribution in [1.82, 2.24) is 0 Å². The summed E-state index contributed by atoms with van der Waals surface area (Å²) < 4.78 is 0. The number of hydrogen-bond donors (Lipinski definition) is 2. The molecule has 2 aromatic rings. The number of rotatable bonds is 3. The summed E-state index contributed by atoms with van der Waals surface area (Å²) in [5, 5.41) is 19.1. The van der Waals surface area contributed by atoms with Gasteiger partial charge in [0.05, 0.1) is 11.3 Å². The third-order valence-electron chi connectivity index (χ3n) is 2.57. The molecule has 0 saturated carbocycles. The molecule has 0 fully saturated rings. The number of carbonyl (C=O) groups is 2. The molecule has 0 unspecified atom stereocenters. The predicted molar refractivity (Wildman–Crippen MR) is 68.4 cm³/mol. The van der Waals surface area contributed by atoms with E-state index < -0.39 is 11.9 Å². The molecule has 2 N–H and O–H groups in total. The quantitative estimate of drug-likeness (QED) is 0.653. The molecule has 0 heterocycles. The van der Waals surface area contributed by atoms with Crippen LogP contribution in [0, 0.1) is 0 Å². The molecule has 1 amide bonds. The molecule has 96 valence electrons. The van der Waals surface area contributed by atoms with Crippen molar-refractivity contribution in [2.24, 2.45) is 0 Å². The van der Waals surface area contributed by atoms with E-state index in [1.165, 1.54) is 24.3 Å².